The fourth-order valence-electron chi connectivity index (χ4n) is 7.83. The van der Waals surface area contributed by atoms with Gasteiger partial charge < -0.3 is 28.7 Å². The number of cyclic esters (lactones) is 1. The van der Waals surface area contributed by atoms with E-state index in [9.17, 15) is 9.59 Å². The summed E-state index contributed by atoms with van der Waals surface area (Å²) in [6, 6.07) is 0.856. The molecule has 0 unspecified atom stereocenters. The van der Waals surface area contributed by atoms with Gasteiger partial charge >= 0.3 is 5.97 Å². The molecule has 3 aliphatic heterocycles. The minimum Gasteiger partial charge on any atom is -0.463 e. The fourth-order valence-corrected chi connectivity index (χ4v) is 7.83. The Balaban J connectivity index is 1.96. The Labute approximate surface area is 262 Å². The molecule has 0 spiro atoms. The second-order valence-electron chi connectivity index (χ2n) is 15.2. The van der Waals surface area contributed by atoms with Crippen molar-refractivity contribution in [3.63, 3.8) is 0 Å². The van der Waals surface area contributed by atoms with Crippen molar-refractivity contribution in [1.82, 2.24) is 14.7 Å². The topological polar surface area (TPSA) is 80.8 Å². The van der Waals surface area contributed by atoms with Gasteiger partial charge in [0.2, 0.25) is 0 Å². The van der Waals surface area contributed by atoms with Crippen molar-refractivity contribution in [2.24, 2.45) is 23.2 Å². The first-order valence-corrected chi connectivity index (χ1v) is 16.7. The molecule has 0 radical (unpaired) electrons. The van der Waals surface area contributed by atoms with Crippen molar-refractivity contribution < 1.29 is 28.5 Å². The lowest BCUT2D eigenvalue weighted by atomic mass is 9.74. The van der Waals surface area contributed by atoms with Gasteiger partial charge in [0.15, 0.2) is 12.1 Å². The maximum Gasteiger partial charge on any atom is 0.319 e. The van der Waals surface area contributed by atoms with Crippen LogP contribution in [0.2, 0.25) is 0 Å². The molecule has 0 saturated carbocycles. The molecule has 250 valence electrons. The molecule has 3 aliphatic rings. The number of carbonyl (C=O) groups excluding carboxylic acids is 2. The molecule has 0 aromatic carbocycles. The maximum atomic E-state index is 14.2. The summed E-state index contributed by atoms with van der Waals surface area (Å²) in [6.45, 7) is 19.3. The van der Waals surface area contributed by atoms with Crippen LogP contribution >= 0.6 is 0 Å². The first kappa shape index (κ1) is 36.4. The van der Waals surface area contributed by atoms with Gasteiger partial charge in [-0.05, 0) is 107 Å². The molecule has 0 bridgehead atoms. The van der Waals surface area contributed by atoms with E-state index in [4.69, 9.17) is 18.9 Å². The standard InChI is InChI=1S/C34H63N3O6/c1-22(2)37-15-13-14-26(20-37)28-21-41-32(39)33(6,7)30(38)25(5)31(34(8,40-12)18-23(3)19-36(28)11)43-29-17-27(35(9)10)16-24(4)42-29/h22-29,31H,13-21H2,1-12H3/t23-,24-,25+,26+,27+,28+,29+,31-,34-/m1/s1. The van der Waals surface area contributed by atoms with Gasteiger partial charge in [-0.2, -0.15) is 0 Å². The lowest BCUT2D eigenvalue weighted by molar-refractivity contribution is -0.263. The third-order valence-corrected chi connectivity index (χ3v) is 10.6. The minimum atomic E-state index is -1.33. The second-order valence-corrected chi connectivity index (χ2v) is 15.2. The molecule has 3 rings (SSSR count). The Hall–Kier alpha value is -1.10. The first-order chi connectivity index (χ1) is 20.0. The van der Waals surface area contributed by atoms with E-state index < -0.39 is 35.3 Å². The smallest absolute Gasteiger partial charge is 0.319 e. The second kappa shape index (κ2) is 15.0. The molecular formula is C34H63N3O6. The number of esters is 1. The summed E-state index contributed by atoms with van der Waals surface area (Å²) in [5, 5.41) is 0. The molecular weight excluding hydrogens is 546 g/mol. The number of carbonyl (C=O) groups is 2. The Morgan fingerprint density at radius 2 is 1.72 bits per heavy atom. The predicted molar refractivity (Wildman–Crippen MR) is 170 cm³/mol. The average Bonchev–Trinajstić information content (AvgIpc) is 2.94. The number of hydrogen-bond acceptors (Lipinski definition) is 9. The van der Waals surface area contributed by atoms with Crippen LogP contribution in [0.4, 0.5) is 0 Å². The summed E-state index contributed by atoms with van der Waals surface area (Å²) in [5.41, 5.74) is -2.11. The fraction of sp³-hybridized carbons (Fsp3) is 0.941. The molecule has 0 aromatic rings. The van der Waals surface area contributed by atoms with Gasteiger partial charge in [-0.15, -0.1) is 0 Å². The number of ketones is 1. The van der Waals surface area contributed by atoms with Crippen LogP contribution in [0.5, 0.6) is 0 Å². The van der Waals surface area contributed by atoms with E-state index >= 15 is 0 Å². The van der Waals surface area contributed by atoms with Crippen molar-refractivity contribution in [3.8, 4) is 0 Å². The molecule has 3 heterocycles. The lowest BCUT2D eigenvalue weighted by Gasteiger charge is -2.46. The zero-order valence-corrected chi connectivity index (χ0v) is 29.4. The van der Waals surface area contributed by atoms with Crippen molar-refractivity contribution in [2.45, 2.75) is 130 Å². The molecule has 9 atom stereocenters. The van der Waals surface area contributed by atoms with Crippen LogP contribution in [0.3, 0.4) is 0 Å². The van der Waals surface area contributed by atoms with Crippen LogP contribution in [0, 0.1) is 23.2 Å². The highest BCUT2D eigenvalue weighted by molar-refractivity contribution is 6.04. The number of methoxy groups -OCH3 is 1. The summed E-state index contributed by atoms with van der Waals surface area (Å²) < 4.78 is 25.4. The van der Waals surface area contributed by atoms with E-state index in [1.165, 1.54) is 0 Å². The van der Waals surface area contributed by atoms with Gasteiger partial charge in [-0.25, -0.2) is 0 Å². The molecule has 9 nitrogen and oxygen atoms in total. The van der Waals surface area contributed by atoms with Crippen LogP contribution < -0.4 is 0 Å². The summed E-state index contributed by atoms with van der Waals surface area (Å²) in [7, 11) is 8.02. The van der Waals surface area contributed by atoms with Gasteiger partial charge in [0.25, 0.3) is 0 Å². The number of likely N-dealkylation sites (tertiary alicyclic amines) is 1. The molecule has 3 fully saturated rings. The average molecular weight is 610 g/mol. The number of Topliss-reactive ketones (excluding diaryl/α,β-unsaturated/α-hetero) is 1. The van der Waals surface area contributed by atoms with Gasteiger partial charge in [0.05, 0.1) is 17.8 Å². The quantitative estimate of drug-likeness (QED) is 0.320. The van der Waals surface area contributed by atoms with E-state index in [0.717, 1.165) is 38.9 Å². The van der Waals surface area contributed by atoms with Gasteiger partial charge in [-0.1, -0.05) is 13.8 Å². The highest BCUT2D eigenvalue weighted by atomic mass is 16.7. The summed E-state index contributed by atoms with van der Waals surface area (Å²) in [4.78, 5) is 35.0. The minimum absolute atomic E-state index is 0.0306. The predicted octanol–water partition coefficient (Wildman–Crippen LogP) is 4.47. The highest BCUT2D eigenvalue weighted by Crippen LogP contribution is 2.38. The third-order valence-electron chi connectivity index (χ3n) is 10.6. The van der Waals surface area contributed by atoms with Crippen LogP contribution in [-0.4, -0.2) is 123 Å². The summed E-state index contributed by atoms with van der Waals surface area (Å²) in [6.07, 6.45) is 3.50. The number of ether oxygens (including phenoxy) is 4. The Morgan fingerprint density at radius 3 is 2.33 bits per heavy atom. The first-order valence-electron chi connectivity index (χ1n) is 16.7. The van der Waals surface area contributed by atoms with Crippen LogP contribution in [0.1, 0.15) is 87.5 Å². The molecule has 43 heavy (non-hydrogen) atoms. The molecule has 0 aliphatic carbocycles. The summed E-state index contributed by atoms with van der Waals surface area (Å²) >= 11 is 0. The van der Waals surface area contributed by atoms with Gasteiger partial charge in [0.1, 0.15) is 12.0 Å². The van der Waals surface area contributed by atoms with E-state index in [1.54, 1.807) is 21.0 Å². The number of nitrogens with zero attached hydrogens (tertiary/aromatic N) is 3. The molecule has 9 heteroatoms. The summed E-state index contributed by atoms with van der Waals surface area (Å²) in [5.74, 6) is -0.672. The lowest BCUT2D eigenvalue weighted by Crippen LogP contribution is -2.55. The van der Waals surface area contributed by atoms with Crippen LogP contribution in [-0.2, 0) is 28.5 Å². The zero-order chi connectivity index (χ0) is 32.3. The third kappa shape index (κ3) is 8.79. The largest absolute Gasteiger partial charge is 0.463 e. The molecule has 0 aromatic heterocycles. The van der Waals surface area contributed by atoms with E-state index in [2.05, 4.69) is 70.5 Å². The number of rotatable bonds is 6. The maximum absolute atomic E-state index is 14.2. The number of piperidine rings is 1. The zero-order valence-electron chi connectivity index (χ0n) is 29.4. The molecule has 0 amide bonds. The van der Waals surface area contributed by atoms with E-state index in [-0.39, 0.29) is 30.5 Å². The van der Waals surface area contributed by atoms with Gasteiger partial charge in [0, 0.05) is 50.7 Å². The molecule has 0 N–H and O–H groups in total. The monoisotopic (exact) mass is 609 g/mol. The Kier molecular flexibility index (Phi) is 12.7. The highest BCUT2D eigenvalue weighted by Gasteiger charge is 2.50. The Morgan fingerprint density at radius 1 is 1.05 bits per heavy atom. The van der Waals surface area contributed by atoms with Crippen molar-refractivity contribution >= 4 is 11.8 Å². The SMILES string of the molecule is CO[C@]1(C)C[C@@H](C)CN(C)[C@H]([C@H]2CCCN(C(C)C)C2)COC(=O)C(C)(C)C(=O)[C@H](C)[C@H]1O[C@H]1C[C@@H](N(C)C)C[C@@H](C)O1. The van der Waals surface area contributed by atoms with Crippen molar-refractivity contribution in [1.29, 1.82) is 0 Å². The van der Waals surface area contributed by atoms with E-state index in [0.29, 0.717) is 30.8 Å². The normalized spacial score (nSPS) is 39.7. The van der Waals surface area contributed by atoms with E-state index in [1.807, 2.05) is 6.92 Å². The number of hydrogen-bond donors (Lipinski definition) is 0. The van der Waals surface area contributed by atoms with Crippen LogP contribution in [0.15, 0.2) is 0 Å². The molecule has 3 saturated heterocycles. The van der Waals surface area contributed by atoms with Gasteiger partial charge in [-0.3, -0.25) is 14.5 Å². The van der Waals surface area contributed by atoms with Crippen molar-refractivity contribution in [2.75, 3.05) is 54.5 Å². The van der Waals surface area contributed by atoms with Crippen molar-refractivity contribution in [3.05, 3.63) is 0 Å². The Bertz CT molecular complexity index is 928. The number of likely N-dealkylation sites (N-methyl/N-ethyl adjacent to an activating group) is 1. The van der Waals surface area contributed by atoms with Crippen LogP contribution in [0.25, 0.3) is 0 Å².